The summed E-state index contributed by atoms with van der Waals surface area (Å²) in [6, 6.07) is 5.08. The second kappa shape index (κ2) is 7.87. The van der Waals surface area contributed by atoms with Gasteiger partial charge in [0.05, 0.1) is 5.69 Å². The summed E-state index contributed by atoms with van der Waals surface area (Å²) >= 11 is 0. The Balaban J connectivity index is 1.77. The van der Waals surface area contributed by atoms with Crippen molar-refractivity contribution >= 4 is 0 Å². The zero-order valence-electron chi connectivity index (χ0n) is 14.0. The Morgan fingerprint density at radius 1 is 1.38 bits per heavy atom. The molecule has 4 nitrogen and oxygen atoms in total. The molecule has 2 rings (SSSR count). The molecule has 118 valence electrons. The van der Waals surface area contributed by atoms with Crippen LogP contribution in [0.25, 0.3) is 0 Å². The number of nitrogens with zero attached hydrogens (tertiary/aromatic N) is 3. The monoisotopic (exact) mass is 290 g/mol. The summed E-state index contributed by atoms with van der Waals surface area (Å²) < 4.78 is 0. The third kappa shape index (κ3) is 5.38. The van der Waals surface area contributed by atoms with Crippen LogP contribution < -0.4 is 5.32 Å². The second-order valence-corrected chi connectivity index (χ2v) is 6.82. The van der Waals surface area contributed by atoms with Crippen molar-refractivity contribution in [3.8, 4) is 0 Å². The molecule has 0 aromatic carbocycles. The van der Waals surface area contributed by atoms with Crippen molar-refractivity contribution in [3.63, 3.8) is 0 Å². The van der Waals surface area contributed by atoms with Gasteiger partial charge in [-0.05, 0) is 44.6 Å². The normalized spacial score (nSPS) is 19.8. The maximum atomic E-state index is 4.61. The molecular formula is C17H30N4. The summed E-state index contributed by atoms with van der Waals surface area (Å²) in [6.07, 6.45) is 3.28. The Morgan fingerprint density at radius 2 is 2.19 bits per heavy atom. The fraction of sp³-hybridized carbons (Fsp3) is 0.706. The Hall–Kier alpha value is -0.970. The second-order valence-electron chi connectivity index (χ2n) is 6.82. The SMILES string of the molecule is CC(C)CNCc1ccc(CN2CCC(N(C)C)C2)nc1. The van der Waals surface area contributed by atoms with Crippen molar-refractivity contribution in [1.82, 2.24) is 20.1 Å². The number of aromatic nitrogens is 1. The summed E-state index contributed by atoms with van der Waals surface area (Å²) in [5.74, 6) is 0.692. The average Bonchev–Trinajstić information content (AvgIpc) is 2.89. The number of pyridine rings is 1. The molecule has 0 bridgehead atoms. The standard InChI is InChI=1S/C17H30N4/c1-14(2)9-18-10-15-5-6-16(19-11-15)12-21-8-7-17(13-21)20(3)4/h5-6,11,14,17-18H,7-10,12-13H2,1-4H3. The summed E-state index contributed by atoms with van der Waals surface area (Å²) in [4.78, 5) is 9.45. The van der Waals surface area contributed by atoms with E-state index in [1.54, 1.807) is 0 Å². The van der Waals surface area contributed by atoms with Gasteiger partial charge in [0.1, 0.15) is 0 Å². The zero-order chi connectivity index (χ0) is 15.2. The maximum absolute atomic E-state index is 4.61. The molecule has 1 atom stereocenters. The lowest BCUT2D eigenvalue weighted by molar-refractivity contribution is 0.263. The number of hydrogen-bond donors (Lipinski definition) is 1. The van der Waals surface area contributed by atoms with Crippen molar-refractivity contribution in [2.45, 2.75) is 39.4 Å². The fourth-order valence-electron chi connectivity index (χ4n) is 2.76. The van der Waals surface area contributed by atoms with Gasteiger partial charge in [0.25, 0.3) is 0 Å². The van der Waals surface area contributed by atoms with Crippen molar-refractivity contribution < 1.29 is 0 Å². The lowest BCUT2D eigenvalue weighted by Crippen LogP contribution is -2.31. The van der Waals surface area contributed by atoms with E-state index in [1.165, 1.54) is 24.2 Å². The molecule has 0 radical (unpaired) electrons. The highest BCUT2D eigenvalue weighted by atomic mass is 15.2. The van der Waals surface area contributed by atoms with Gasteiger partial charge in [-0.1, -0.05) is 19.9 Å². The topological polar surface area (TPSA) is 31.4 Å². The van der Waals surface area contributed by atoms with E-state index in [9.17, 15) is 0 Å². The molecule has 1 aromatic rings. The summed E-state index contributed by atoms with van der Waals surface area (Å²) in [5, 5.41) is 3.46. The minimum absolute atomic E-state index is 0.692. The minimum Gasteiger partial charge on any atom is -0.312 e. The third-order valence-electron chi connectivity index (χ3n) is 4.13. The van der Waals surface area contributed by atoms with Gasteiger partial charge in [-0.25, -0.2) is 0 Å². The molecule has 1 fully saturated rings. The van der Waals surface area contributed by atoms with E-state index in [0.717, 1.165) is 26.2 Å². The predicted octanol–water partition coefficient (Wildman–Crippen LogP) is 1.96. The summed E-state index contributed by atoms with van der Waals surface area (Å²) in [6.45, 7) is 9.74. The van der Waals surface area contributed by atoms with Crippen molar-refractivity contribution in [3.05, 3.63) is 29.6 Å². The van der Waals surface area contributed by atoms with E-state index < -0.39 is 0 Å². The number of rotatable bonds is 7. The zero-order valence-corrected chi connectivity index (χ0v) is 14.0. The molecule has 1 saturated heterocycles. The van der Waals surface area contributed by atoms with Crippen LogP contribution in [-0.4, -0.2) is 54.6 Å². The number of nitrogens with one attached hydrogen (secondary N) is 1. The van der Waals surface area contributed by atoms with Crippen LogP contribution in [-0.2, 0) is 13.1 Å². The van der Waals surface area contributed by atoms with Gasteiger partial charge in [-0.3, -0.25) is 9.88 Å². The predicted molar refractivity (Wildman–Crippen MR) is 88.2 cm³/mol. The van der Waals surface area contributed by atoms with Crippen molar-refractivity contribution in [2.75, 3.05) is 33.7 Å². The first-order valence-electron chi connectivity index (χ1n) is 8.08. The number of hydrogen-bond acceptors (Lipinski definition) is 4. The van der Waals surface area contributed by atoms with Crippen LogP contribution in [0, 0.1) is 5.92 Å². The first-order valence-corrected chi connectivity index (χ1v) is 8.08. The van der Waals surface area contributed by atoms with Crippen LogP contribution in [0.3, 0.4) is 0 Å². The molecule has 0 aliphatic carbocycles. The quantitative estimate of drug-likeness (QED) is 0.832. The highest BCUT2D eigenvalue weighted by Gasteiger charge is 2.23. The molecule has 0 saturated carbocycles. The Kier molecular flexibility index (Phi) is 6.15. The van der Waals surface area contributed by atoms with Crippen molar-refractivity contribution in [1.29, 1.82) is 0 Å². The van der Waals surface area contributed by atoms with Gasteiger partial charge in [-0.2, -0.15) is 0 Å². The smallest absolute Gasteiger partial charge is 0.0544 e. The first kappa shape index (κ1) is 16.4. The minimum atomic E-state index is 0.692. The average molecular weight is 290 g/mol. The van der Waals surface area contributed by atoms with Gasteiger partial charge >= 0.3 is 0 Å². The van der Waals surface area contributed by atoms with Gasteiger partial charge in [0.15, 0.2) is 0 Å². The summed E-state index contributed by atoms with van der Waals surface area (Å²) in [7, 11) is 4.34. The molecule has 21 heavy (non-hydrogen) atoms. The Labute approximate surface area is 129 Å². The molecule has 1 aliphatic rings. The van der Waals surface area contributed by atoms with E-state index in [-0.39, 0.29) is 0 Å². The van der Waals surface area contributed by atoms with Crippen LogP contribution in [0.1, 0.15) is 31.5 Å². The molecule has 4 heteroatoms. The maximum Gasteiger partial charge on any atom is 0.0544 e. The van der Waals surface area contributed by atoms with Crippen LogP contribution in [0.4, 0.5) is 0 Å². The highest BCUT2D eigenvalue weighted by Crippen LogP contribution is 2.15. The molecule has 1 N–H and O–H groups in total. The molecule has 1 aliphatic heterocycles. The fourth-order valence-corrected chi connectivity index (χ4v) is 2.76. The van der Waals surface area contributed by atoms with E-state index in [0.29, 0.717) is 12.0 Å². The van der Waals surface area contributed by atoms with Gasteiger partial charge in [0.2, 0.25) is 0 Å². The van der Waals surface area contributed by atoms with Gasteiger partial charge in [-0.15, -0.1) is 0 Å². The van der Waals surface area contributed by atoms with E-state index in [4.69, 9.17) is 0 Å². The summed E-state index contributed by atoms with van der Waals surface area (Å²) in [5.41, 5.74) is 2.45. The molecule has 0 amide bonds. The number of likely N-dealkylation sites (N-methyl/N-ethyl adjacent to an activating group) is 1. The third-order valence-corrected chi connectivity index (χ3v) is 4.13. The first-order chi connectivity index (χ1) is 10.0. The Bertz CT molecular complexity index is 413. The van der Waals surface area contributed by atoms with Gasteiger partial charge in [0, 0.05) is 38.4 Å². The largest absolute Gasteiger partial charge is 0.312 e. The van der Waals surface area contributed by atoms with Crippen molar-refractivity contribution in [2.24, 2.45) is 5.92 Å². The lowest BCUT2D eigenvalue weighted by atomic mass is 10.2. The van der Waals surface area contributed by atoms with Crippen LogP contribution in [0.2, 0.25) is 0 Å². The molecular weight excluding hydrogens is 260 g/mol. The highest BCUT2D eigenvalue weighted by molar-refractivity contribution is 5.14. The van der Waals surface area contributed by atoms with Gasteiger partial charge < -0.3 is 10.2 Å². The molecule has 1 aromatic heterocycles. The van der Waals surface area contributed by atoms with E-state index in [2.05, 4.69) is 60.2 Å². The molecule has 2 heterocycles. The van der Waals surface area contributed by atoms with Crippen LogP contribution >= 0.6 is 0 Å². The van der Waals surface area contributed by atoms with Crippen LogP contribution in [0.5, 0.6) is 0 Å². The van der Waals surface area contributed by atoms with E-state index in [1.807, 2.05) is 6.20 Å². The van der Waals surface area contributed by atoms with Crippen LogP contribution in [0.15, 0.2) is 18.3 Å². The molecule has 1 unspecified atom stereocenters. The lowest BCUT2D eigenvalue weighted by Gasteiger charge is -2.20. The Morgan fingerprint density at radius 3 is 2.76 bits per heavy atom. The molecule has 0 spiro atoms. The van der Waals surface area contributed by atoms with E-state index >= 15 is 0 Å². The number of likely N-dealkylation sites (tertiary alicyclic amines) is 1.